The van der Waals surface area contributed by atoms with Crippen LogP contribution in [0.4, 0.5) is 0 Å². The Labute approximate surface area is 159 Å². The molecule has 1 fully saturated rings. The lowest BCUT2D eigenvalue weighted by atomic mass is 9.98. The third-order valence-corrected chi connectivity index (χ3v) is 4.75. The van der Waals surface area contributed by atoms with E-state index in [4.69, 9.17) is 10.3 Å². The third kappa shape index (κ3) is 2.91. The van der Waals surface area contributed by atoms with Gasteiger partial charge in [0.15, 0.2) is 5.76 Å². The number of hydrogen-bond acceptors (Lipinski definition) is 7. The molecule has 1 unspecified atom stereocenters. The summed E-state index contributed by atoms with van der Waals surface area (Å²) in [5, 5.41) is 14.7. The lowest BCUT2D eigenvalue weighted by molar-refractivity contribution is -0.144. The molecule has 1 saturated heterocycles. The fraction of sp³-hybridized carbons (Fsp3) is 0.211. The van der Waals surface area contributed by atoms with Gasteiger partial charge in [-0.2, -0.15) is 0 Å². The van der Waals surface area contributed by atoms with E-state index in [9.17, 15) is 14.7 Å². The van der Waals surface area contributed by atoms with Crippen molar-refractivity contribution in [1.82, 2.24) is 20.0 Å². The zero-order valence-corrected chi connectivity index (χ0v) is 15.0. The summed E-state index contributed by atoms with van der Waals surface area (Å²) in [5.74, 6) is -0.944. The first-order valence-electron chi connectivity index (χ1n) is 8.57. The second-order valence-corrected chi connectivity index (χ2v) is 6.62. The highest BCUT2D eigenvalue weighted by Gasteiger charge is 2.48. The Kier molecular flexibility index (Phi) is 4.16. The van der Waals surface area contributed by atoms with Crippen LogP contribution in [0.3, 0.4) is 0 Å². The number of amides is 2. The highest BCUT2D eigenvalue weighted by Crippen LogP contribution is 2.35. The molecule has 2 amide bonds. The maximum Gasteiger partial charge on any atom is 0.267 e. The number of carbonyl (C=O) groups excluding carboxylic acids is 2. The molecule has 0 saturated carbocycles. The van der Waals surface area contributed by atoms with Crippen LogP contribution < -0.4 is 5.73 Å². The summed E-state index contributed by atoms with van der Waals surface area (Å²) in [4.78, 5) is 33.5. The second-order valence-electron chi connectivity index (χ2n) is 6.62. The normalized spacial score (nSPS) is 19.2. The summed E-state index contributed by atoms with van der Waals surface area (Å²) >= 11 is 0. The molecule has 9 nitrogen and oxygen atoms in total. The molecule has 0 aromatic carbocycles. The number of likely N-dealkylation sites (tertiary alicyclic amines) is 1. The van der Waals surface area contributed by atoms with E-state index in [1.54, 1.807) is 43.6 Å². The number of rotatable bonds is 4. The molecule has 3 N–H and O–H groups in total. The molecule has 1 aliphatic rings. The van der Waals surface area contributed by atoms with Gasteiger partial charge in [0.1, 0.15) is 11.4 Å². The van der Waals surface area contributed by atoms with Gasteiger partial charge in [-0.3, -0.25) is 14.6 Å². The van der Waals surface area contributed by atoms with E-state index in [0.717, 1.165) is 0 Å². The van der Waals surface area contributed by atoms with E-state index in [1.165, 1.54) is 11.0 Å². The van der Waals surface area contributed by atoms with E-state index < -0.39 is 17.4 Å². The highest BCUT2D eigenvalue weighted by molar-refractivity contribution is 5.91. The van der Waals surface area contributed by atoms with Crippen LogP contribution in [0.5, 0.6) is 0 Å². The molecule has 3 aromatic heterocycles. The first kappa shape index (κ1) is 17.8. The summed E-state index contributed by atoms with van der Waals surface area (Å²) in [6.07, 6.45) is 1.81. The Bertz CT molecular complexity index is 1080. The van der Waals surface area contributed by atoms with Crippen molar-refractivity contribution >= 4 is 11.8 Å². The number of nitrogens with two attached hydrogens (primary N) is 1. The quantitative estimate of drug-likeness (QED) is 0.689. The number of pyridine rings is 2. The Hall–Kier alpha value is -3.59. The molecule has 3 aromatic rings. The summed E-state index contributed by atoms with van der Waals surface area (Å²) in [6.45, 7) is 0.437. The molecule has 9 heteroatoms. The zero-order chi connectivity index (χ0) is 19.9. The predicted molar refractivity (Wildman–Crippen MR) is 97.6 cm³/mol. The number of likely N-dealkylation sites (N-methyl/N-ethyl adjacent to an activating group) is 1. The minimum Gasteiger partial charge on any atom is -0.373 e. The van der Waals surface area contributed by atoms with Crippen LogP contribution in [0.1, 0.15) is 22.7 Å². The van der Waals surface area contributed by atoms with Gasteiger partial charge in [0.05, 0.1) is 11.4 Å². The van der Waals surface area contributed by atoms with Crippen molar-refractivity contribution in [2.24, 2.45) is 5.73 Å². The molecule has 4 heterocycles. The van der Waals surface area contributed by atoms with Crippen LogP contribution in [-0.4, -0.2) is 50.5 Å². The smallest absolute Gasteiger partial charge is 0.267 e. The van der Waals surface area contributed by atoms with Crippen LogP contribution in [0, 0.1) is 0 Å². The minimum absolute atomic E-state index is 0.101. The van der Waals surface area contributed by atoms with E-state index in [-0.39, 0.29) is 17.9 Å². The van der Waals surface area contributed by atoms with E-state index >= 15 is 0 Å². The fourth-order valence-corrected chi connectivity index (χ4v) is 3.13. The Balaban J connectivity index is 1.68. The molecule has 0 spiro atoms. The van der Waals surface area contributed by atoms with Crippen molar-refractivity contribution in [3.05, 3.63) is 54.0 Å². The zero-order valence-electron chi connectivity index (χ0n) is 15.0. The number of hydrogen-bond donors (Lipinski definition) is 2. The molecule has 1 aliphatic heterocycles. The Morgan fingerprint density at radius 3 is 2.79 bits per heavy atom. The Morgan fingerprint density at radius 2 is 2.07 bits per heavy atom. The first-order chi connectivity index (χ1) is 13.4. The van der Waals surface area contributed by atoms with Crippen molar-refractivity contribution in [3.63, 3.8) is 0 Å². The fourth-order valence-electron chi connectivity index (χ4n) is 3.13. The third-order valence-electron chi connectivity index (χ3n) is 4.75. The van der Waals surface area contributed by atoms with Gasteiger partial charge < -0.3 is 20.3 Å². The number of aromatic nitrogens is 3. The van der Waals surface area contributed by atoms with Gasteiger partial charge in [0.25, 0.3) is 11.8 Å². The van der Waals surface area contributed by atoms with E-state index in [0.29, 0.717) is 29.2 Å². The summed E-state index contributed by atoms with van der Waals surface area (Å²) in [5.41, 5.74) is 5.82. The number of nitrogens with zero attached hydrogens (tertiary/aromatic N) is 4. The molecule has 0 radical (unpaired) electrons. The number of carbonyl (C=O) groups is 2. The molecular formula is C19H17N5O4. The summed E-state index contributed by atoms with van der Waals surface area (Å²) in [6, 6.07) is 9.89. The van der Waals surface area contributed by atoms with Crippen LogP contribution in [-0.2, 0) is 10.4 Å². The number of aliphatic hydroxyl groups is 1. The van der Waals surface area contributed by atoms with Crippen molar-refractivity contribution in [2.75, 3.05) is 13.6 Å². The van der Waals surface area contributed by atoms with Crippen LogP contribution in [0.25, 0.3) is 22.6 Å². The molecule has 4 rings (SSSR count). The van der Waals surface area contributed by atoms with Gasteiger partial charge in [0.2, 0.25) is 5.60 Å². The van der Waals surface area contributed by atoms with Crippen molar-refractivity contribution < 1.29 is 19.2 Å². The molecule has 142 valence electrons. The standard InChI is InChI=1S/C19H17N5O4/c1-24-8-6-19(27,18(24)26)16-10-14(23-28-16)11-5-7-21-15(9-11)12-3-2-4-13(22-12)17(20)25/h2-5,7,9-10,27H,6,8H2,1H3,(H2,20,25). The molecule has 28 heavy (non-hydrogen) atoms. The van der Waals surface area contributed by atoms with Crippen molar-refractivity contribution in [3.8, 4) is 22.6 Å². The predicted octanol–water partition coefficient (Wildman–Crippen LogP) is 0.947. The van der Waals surface area contributed by atoms with Gasteiger partial charge in [0, 0.05) is 37.8 Å². The maximum atomic E-state index is 12.2. The largest absolute Gasteiger partial charge is 0.373 e. The van der Waals surface area contributed by atoms with Crippen LogP contribution in [0.2, 0.25) is 0 Å². The SMILES string of the molecule is CN1CCC(O)(c2cc(-c3ccnc(-c4cccc(C(N)=O)n4)c3)no2)C1=O. The minimum atomic E-state index is -1.70. The van der Waals surface area contributed by atoms with Crippen molar-refractivity contribution in [1.29, 1.82) is 0 Å². The average Bonchev–Trinajstić information content (AvgIpc) is 3.31. The number of primary amides is 1. The second kappa shape index (κ2) is 6.54. The molecule has 0 aliphatic carbocycles. The molecule has 0 bridgehead atoms. The lowest BCUT2D eigenvalue weighted by Crippen LogP contribution is -2.35. The van der Waals surface area contributed by atoms with Gasteiger partial charge in [-0.05, 0) is 24.3 Å². The topological polar surface area (TPSA) is 135 Å². The van der Waals surface area contributed by atoms with Gasteiger partial charge in [-0.15, -0.1) is 0 Å². The highest BCUT2D eigenvalue weighted by atomic mass is 16.5. The van der Waals surface area contributed by atoms with Gasteiger partial charge >= 0.3 is 0 Å². The lowest BCUT2D eigenvalue weighted by Gasteiger charge is -2.16. The summed E-state index contributed by atoms with van der Waals surface area (Å²) < 4.78 is 5.28. The van der Waals surface area contributed by atoms with Crippen molar-refractivity contribution in [2.45, 2.75) is 12.0 Å². The summed E-state index contributed by atoms with van der Waals surface area (Å²) in [7, 11) is 1.62. The molecular weight excluding hydrogens is 362 g/mol. The first-order valence-corrected chi connectivity index (χ1v) is 8.57. The maximum absolute atomic E-state index is 12.2. The Morgan fingerprint density at radius 1 is 1.25 bits per heavy atom. The van der Waals surface area contributed by atoms with Crippen LogP contribution >= 0.6 is 0 Å². The van der Waals surface area contributed by atoms with Crippen LogP contribution in [0.15, 0.2) is 47.1 Å². The van der Waals surface area contributed by atoms with Gasteiger partial charge in [-0.1, -0.05) is 11.2 Å². The van der Waals surface area contributed by atoms with Gasteiger partial charge in [-0.25, -0.2) is 4.98 Å². The van der Waals surface area contributed by atoms with E-state index in [1.807, 2.05) is 0 Å². The van der Waals surface area contributed by atoms with E-state index in [2.05, 4.69) is 15.1 Å². The molecule has 1 atom stereocenters. The monoisotopic (exact) mass is 379 g/mol. The average molecular weight is 379 g/mol.